The first-order chi connectivity index (χ1) is 8.06. The normalized spacial score (nSPS) is 34.9. The van der Waals surface area contributed by atoms with Crippen LogP contribution in [-0.2, 0) is 4.74 Å². The first-order valence-corrected chi connectivity index (χ1v) is 6.75. The van der Waals surface area contributed by atoms with Crippen molar-refractivity contribution in [2.45, 2.75) is 45.8 Å². The quantitative estimate of drug-likeness (QED) is 0.648. The Bertz CT molecular complexity index is 273. The highest BCUT2D eigenvalue weighted by atomic mass is 16.5. The fourth-order valence-corrected chi connectivity index (χ4v) is 2.90. The Hall–Kier alpha value is -0.770. The van der Waals surface area contributed by atoms with E-state index in [2.05, 4.69) is 6.92 Å². The first kappa shape index (κ1) is 12.7. The van der Waals surface area contributed by atoms with Gasteiger partial charge in [-0.05, 0) is 32.6 Å². The number of piperidine rings is 1. The van der Waals surface area contributed by atoms with Gasteiger partial charge in [0, 0.05) is 26.2 Å². The summed E-state index contributed by atoms with van der Waals surface area (Å²) in [4.78, 5) is 16.4. The molecule has 2 amide bonds. The van der Waals surface area contributed by atoms with Gasteiger partial charge in [0.25, 0.3) is 0 Å². The Morgan fingerprint density at radius 2 is 1.71 bits per heavy atom. The van der Waals surface area contributed by atoms with E-state index in [1.54, 1.807) is 0 Å². The third-order valence-electron chi connectivity index (χ3n) is 3.62. The van der Waals surface area contributed by atoms with Gasteiger partial charge in [0.1, 0.15) is 0 Å². The topological polar surface area (TPSA) is 32.8 Å². The number of hydrogen-bond donors (Lipinski definition) is 0. The highest BCUT2D eigenvalue weighted by molar-refractivity contribution is 5.74. The molecule has 2 fully saturated rings. The zero-order chi connectivity index (χ0) is 12.4. The van der Waals surface area contributed by atoms with Crippen LogP contribution < -0.4 is 0 Å². The van der Waals surface area contributed by atoms with Gasteiger partial charge < -0.3 is 14.5 Å². The third kappa shape index (κ3) is 3.12. The average molecular weight is 240 g/mol. The summed E-state index contributed by atoms with van der Waals surface area (Å²) in [7, 11) is 0. The molecule has 0 N–H and O–H groups in total. The van der Waals surface area contributed by atoms with E-state index in [0.29, 0.717) is 5.92 Å². The second-order valence-corrected chi connectivity index (χ2v) is 5.64. The van der Waals surface area contributed by atoms with Crippen LogP contribution in [0.25, 0.3) is 0 Å². The summed E-state index contributed by atoms with van der Waals surface area (Å²) >= 11 is 0. The van der Waals surface area contributed by atoms with E-state index in [9.17, 15) is 4.79 Å². The van der Waals surface area contributed by atoms with E-state index in [0.717, 1.165) is 32.6 Å². The van der Waals surface area contributed by atoms with E-state index in [-0.39, 0.29) is 18.2 Å². The van der Waals surface area contributed by atoms with E-state index >= 15 is 0 Å². The molecule has 3 atom stereocenters. The van der Waals surface area contributed by atoms with Crippen molar-refractivity contribution in [1.29, 1.82) is 0 Å². The molecular formula is C13H24N2O2. The molecule has 0 bridgehead atoms. The number of urea groups is 1. The van der Waals surface area contributed by atoms with Crippen LogP contribution in [0.4, 0.5) is 4.79 Å². The number of amides is 2. The molecule has 0 radical (unpaired) electrons. The highest BCUT2D eigenvalue weighted by Gasteiger charge is 2.30. The molecule has 2 aliphatic rings. The maximum absolute atomic E-state index is 12.4. The van der Waals surface area contributed by atoms with Crippen LogP contribution in [0, 0.1) is 5.92 Å². The fraction of sp³-hybridized carbons (Fsp3) is 0.923. The van der Waals surface area contributed by atoms with Crippen molar-refractivity contribution in [1.82, 2.24) is 9.80 Å². The van der Waals surface area contributed by atoms with Gasteiger partial charge in [0.15, 0.2) is 0 Å². The molecule has 1 unspecified atom stereocenters. The van der Waals surface area contributed by atoms with Crippen LogP contribution in [0.2, 0.25) is 0 Å². The van der Waals surface area contributed by atoms with Gasteiger partial charge in [-0.15, -0.1) is 0 Å². The second-order valence-electron chi connectivity index (χ2n) is 5.64. The molecule has 4 nitrogen and oxygen atoms in total. The Morgan fingerprint density at radius 3 is 2.29 bits per heavy atom. The number of likely N-dealkylation sites (tertiary alicyclic amines) is 1. The largest absolute Gasteiger partial charge is 0.372 e. The molecule has 17 heavy (non-hydrogen) atoms. The molecule has 2 saturated heterocycles. The van der Waals surface area contributed by atoms with Crippen LogP contribution in [0.3, 0.4) is 0 Å². The molecule has 2 rings (SSSR count). The molecule has 2 aliphatic heterocycles. The van der Waals surface area contributed by atoms with Gasteiger partial charge in [-0.25, -0.2) is 4.79 Å². The van der Waals surface area contributed by atoms with Gasteiger partial charge in [-0.3, -0.25) is 0 Å². The number of hydrogen-bond acceptors (Lipinski definition) is 2. The Labute approximate surface area is 104 Å². The van der Waals surface area contributed by atoms with Crippen molar-refractivity contribution in [3.8, 4) is 0 Å². The summed E-state index contributed by atoms with van der Waals surface area (Å²) in [6.45, 7) is 9.60. The number of carbonyl (C=O) groups excluding carboxylic acids is 1. The van der Waals surface area contributed by atoms with Crippen molar-refractivity contribution in [2.24, 2.45) is 5.92 Å². The predicted molar refractivity (Wildman–Crippen MR) is 66.9 cm³/mol. The van der Waals surface area contributed by atoms with Crippen LogP contribution in [0.5, 0.6) is 0 Å². The maximum atomic E-state index is 12.4. The summed E-state index contributed by atoms with van der Waals surface area (Å²) in [6.07, 6.45) is 2.71. The second kappa shape index (κ2) is 5.25. The highest BCUT2D eigenvalue weighted by Crippen LogP contribution is 2.19. The van der Waals surface area contributed by atoms with Crippen molar-refractivity contribution >= 4 is 6.03 Å². The molecule has 0 aromatic rings. The smallest absolute Gasteiger partial charge is 0.320 e. The van der Waals surface area contributed by atoms with Gasteiger partial charge in [-0.2, -0.15) is 0 Å². The Balaban J connectivity index is 1.94. The van der Waals surface area contributed by atoms with Gasteiger partial charge in [0.2, 0.25) is 0 Å². The summed E-state index contributed by atoms with van der Waals surface area (Å²) in [6, 6.07) is 0.207. The van der Waals surface area contributed by atoms with Gasteiger partial charge in [-0.1, -0.05) is 6.92 Å². The van der Waals surface area contributed by atoms with E-state index in [4.69, 9.17) is 4.74 Å². The predicted octanol–water partition coefficient (Wildman–Crippen LogP) is 1.95. The molecular weight excluding hydrogens is 216 g/mol. The number of rotatable bonds is 0. The number of nitrogens with zero attached hydrogens (tertiary/aromatic N) is 2. The lowest BCUT2D eigenvalue weighted by atomic mass is 10.0. The van der Waals surface area contributed by atoms with Crippen LogP contribution in [-0.4, -0.2) is 54.2 Å². The number of ether oxygens (including phenoxy) is 1. The van der Waals surface area contributed by atoms with Crippen molar-refractivity contribution in [2.75, 3.05) is 26.2 Å². The van der Waals surface area contributed by atoms with E-state index in [1.165, 1.54) is 6.42 Å². The lowest BCUT2D eigenvalue weighted by Gasteiger charge is -2.40. The minimum absolute atomic E-state index is 0.157. The summed E-state index contributed by atoms with van der Waals surface area (Å²) in [5.74, 6) is 0.642. The number of morpholine rings is 1. The molecule has 0 aromatic carbocycles. The van der Waals surface area contributed by atoms with E-state index in [1.807, 2.05) is 23.6 Å². The summed E-state index contributed by atoms with van der Waals surface area (Å²) < 4.78 is 5.66. The van der Waals surface area contributed by atoms with Crippen molar-refractivity contribution in [3.05, 3.63) is 0 Å². The molecule has 0 spiro atoms. The molecule has 0 saturated carbocycles. The maximum Gasteiger partial charge on any atom is 0.320 e. The van der Waals surface area contributed by atoms with Gasteiger partial charge in [0.05, 0.1) is 12.2 Å². The third-order valence-corrected chi connectivity index (χ3v) is 3.62. The lowest BCUT2D eigenvalue weighted by Crippen LogP contribution is -2.54. The monoisotopic (exact) mass is 240 g/mol. The number of carbonyl (C=O) groups is 1. The Kier molecular flexibility index (Phi) is 3.92. The minimum Gasteiger partial charge on any atom is -0.372 e. The lowest BCUT2D eigenvalue weighted by molar-refractivity contribution is -0.0590. The Morgan fingerprint density at radius 1 is 1.06 bits per heavy atom. The van der Waals surface area contributed by atoms with Crippen molar-refractivity contribution in [3.63, 3.8) is 0 Å². The van der Waals surface area contributed by atoms with Crippen LogP contribution >= 0.6 is 0 Å². The summed E-state index contributed by atoms with van der Waals surface area (Å²) in [5, 5.41) is 0. The molecule has 98 valence electrons. The van der Waals surface area contributed by atoms with Crippen molar-refractivity contribution < 1.29 is 9.53 Å². The molecule has 0 aromatic heterocycles. The zero-order valence-corrected chi connectivity index (χ0v) is 11.2. The van der Waals surface area contributed by atoms with Gasteiger partial charge >= 0.3 is 6.03 Å². The molecule has 0 aliphatic carbocycles. The van der Waals surface area contributed by atoms with Crippen LogP contribution in [0.1, 0.15) is 33.6 Å². The minimum atomic E-state index is 0.157. The van der Waals surface area contributed by atoms with Crippen LogP contribution in [0.15, 0.2) is 0 Å². The fourth-order valence-electron chi connectivity index (χ4n) is 2.90. The standard InChI is InChI=1S/C13H24N2O2/c1-10-5-4-6-14(7-10)13(16)15-8-11(2)17-12(3)9-15/h10-12H,4-9H2,1-3H3/t10?,11-,12+. The zero-order valence-electron chi connectivity index (χ0n) is 11.2. The average Bonchev–Trinajstić information content (AvgIpc) is 2.26. The first-order valence-electron chi connectivity index (χ1n) is 6.75. The molecule has 4 heteroatoms. The van der Waals surface area contributed by atoms with E-state index < -0.39 is 0 Å². The molecule has 2 heterocycles. The summed E-state index contributed by atoms with van der Waals surface area (Å²) in [5.41, 5.74) is 0. The SMILES string of the molecule is CC1CCCN(C(=O)N2C[C@@H](C)O[C@@H](C)C2)C1.